The summed E-state index contributed by atoms with van der Waals surface area (Å²) in [6, 6.07) is 16.0. The Balaban J connectivity index is 1.96. The van der Waals surface area contributed by atoms with E-state index in [-0.39, 0.29) is 5.11 Å². The summed E-state index contributed by atoms with van der Waals surface area (Å²) in [6.45, 7) is 2.61. The van der Waals surface area contributed by atoms with Gasteiger partial charge in [0, 0.05) is 5.56 Å². The predicted molar refractivity (Wildman–Crippen MR) is 88.0 cm³/mol. The first-order valence-corrected chi connectivity index (χ1v) is 6.97. The number of hydrogen-bond donors (Lipinski definition) is 3. The number of benzene rings is 2. The first-order valence-electron chi connectivity index (χ1n) is 6.56. The summed E-state index contributed by atoms with van der Waals surface area (Å²) in [5, 5.41) is 3.00. The minimum Gasteiger partial charge on any atom is -0.489 e. The van der Waals surface area contributed by atoms with Gasteiger partial charge in [0.2, 0.25) is 5.11 Å². The Morgan fingerprint density at radius 1 is 1.29 bits per heavy atom. The Bertz CT molecular complexity index is 638. The van der Waals surface area contributed by atoms with E-state index < -0.39 is 0 Å². The Kier molecular flexibility index (Phi) is 5.29. The topological polar surface area (TPSA) is 61.2 Å². The van der Waals surface area contributed by atoms with Gasteiger partial charge in [-0.3, -0.25) is 0 Å². The maximum atomic E-state index is 5.78. The van der Waals surface area contributed by atoms with Crippen LogP contribution in [-0.2, 0) is 6.61 Å². The van der Waals surface area contributed by atoms with Crippen LogP contribution in [0.3, 0.4) is 0 Å². The van der Waals surface area contributed by atoms with Crippen molar-refractivity contribution in [3.63, 3.8) is 0 Å². The standard InChI is InChI=1S/C16H17N3OS/c1-12-5-7-13(8-6-12)11-20-15-4-2-3-14(9-15)10-18-19-16(17)21/h2-10H,11H2,1H3,(H3,17,19,21)/p+1. The Labute approximate surface area is 129 Å². The van der Waals surface area contributed by atoms with E-state index in [1.165, 1.54) is 5.56 Å². The zero-order valence-electron chi connectivity index (χ0n) is 11.8. The first kappa shape index (κ1) is 15.0. The quantitative estimate of drug-likeness (QED) is 0.435. The van der Waals surface area contributed by atoms with Gasteiger partial charge in [-0.2, -0.15) is 0 Å². The van der Waals surface area contributed by atoms with Crippen molar-refractivity contribution in [3.05, 3.63) is 65.2 Å². The van der Waals surface area contributed by atoms with Crippen molar-refractivity contribution in [3.8, 4) is 5.75 Å². The summed E-state index contributed by atoms with van der Waals surface area (Å²) >= 11 is 4.70. The van der Waals surface area contributed by atoms with Crippen molar-refractivity contribution >= 4 is 23.5 Å². The third-order valence-electron chi connectivity index (χ3n) is 2.82. The van der Waals surface area contributed by atoms with E-state index in [4.69, 9.17) is 22.7 Å². The Morgan fingerprint density at radius 2 is 2.05 bits per heavy atom. The van der Waals surface area contributed by atoms with Crippen LogP contribution < -0.4 is 21.0 Å². The molecule has 2 rings (SSSR count). The normalized spacial score (nSPS) is 10.5. The molecule has 0 amide bonds. The van der Waals surface area contributed by atoms with E-state index in [0.717, 1.165) is 16.9 Å². The maximum Gasteiger partial charge on any atom is 0.221 e. The van der Waals surface area contributed by atoms with Gasteiger partial charge in [0.05, 0.1) is 0 Å². The van der Waals surface area contributed by atoms with E-state index in [1.54, 1.807) is 6.21 Å². The van der Waals surface area contributed by atoms with Crippen molar-refractivity contribution in [1.82, 2.24) is 5.43 Å². The molecule has 5 heteroatoms. The van der Waals surface area contributed by atoms with Crippen LogP contribution in [0.4, 0.5) is 0 Å². The molecule has 0 unspecified atom stereocenters. The summed E-state index contributed by atoms with van der Waals surface area (Å²) < 4.78 is 5.78. The van der Waals surface area contributed by atoms with E-state index in [1.807, 2.05) is 24.3 Å². The summed E-state index contributed by atoms with van der Waals surface area (Å²) in [5.41, 5.74) is 11.3. The second kappa shape index (κ2) is 7.40. The van der Waals surface area contributed by atoms with Crippen molar-refractivity contribution < 1.29 is 9.84 Å². The highest BCUT2D eigenvalue weighted by Crippen LogP contribution is 2.14. The third kappa shape index (κ3) is 5.24. The van der Waals surface area contributed by atoms with Gasteiger partial charge in [-0.05, 0) is 42.9 Å². The maximum absolute atomic E-state index is 5.78. The van der Waals surface area contributed by atoms with Crippen LogP contribution in [0.1, 0.15) is 16.7 Å². The molecule has 0 spiro atoms. The number of hydrazone groups is 1. The molecular weight excluding hydrogens is 282 g/mol. The van der Waals surface area contributed by atoms with Crippen LogP contribution in [0.25, 0.3) is 0 Å². The summed E-state index contributed by atoms with van der Waals surface area (Å²) in [4.78, 5) is 0. The van der Waals surface area contributed by atoms with Crippen molar-refractivity contribution in [1.29, 1.82) is 0 Å². The largest absolute Gasteiger partial charge is 0.489 e. The van der Waals surface area contributed by atoms with Crippen LogP contribution in [0.15, 0.2) is 48.5 Å². The number of rotatable bonds is 5. The SMILES string of the molecule is Cc1ccc(COc2cccc(C=[NH+]NC(N)=S)c2)cc1. The number of nitrogens with two attached hydrogens (primary N) is 1. The highest BCUT2D eigenvalue weighted by atomic mass is 32.1. The van der Waals surface area contributed by atoms with E-state index >= 15 is 0 Å². The predicted octanol–water partition coefficient (Wildman–Crippen LogP) is 0.822. The first-order chi connectivity index (χ1) is 10.1. The smallest absolute Gasteiger partial charge is 0.221 e. The number of hydrazine groups is 1. The molecular formula is C16H18N3OS+. The van der Waals surface area contributed by atoms with Crippen LogP contribution in [0, 0.1) is 6.92 Å². The summed E-state index contributed by atoms with van der Waals surface area (Å²) in [7, 11) is 0. The Hall–Kier alpha value is -2.40. The number of aryl methyl sites for hydroxylation is 1. The highest BCUT2D eigenvalue weighted by Gasteiger charge is 1.99. The van der Waals surface area contributed by atoms with Crippen LogP contribution in [0.2, 0.25) is 0 Å². The van der Waals surface area contributed by atoms with Gasteiger partial charge in [0.15, 0.2) is 6.21 Å². The molecule has 0 aromatic heterocycles. The van der Waals surface area contributed by atoms with Crippen molar-refractivity contribution in [2.75, 3.05) is 0 Å². The average molecular weight is 300 g/mol. The molecule has 0 bridgehead atoms. The van der Waals surface area contributed by atoms with Gasteiger partial charge < -0.3 is 10.5 Å². The molecule has 0 fully saturated rings. The second-order valence-corrected chi connectivity index (χ2v) is 5.06. The highest BCUT2D eigenvalue weighted by molar-refractivity contribution is 7.80. The lowest BCUT2D eigenvalue weighted by Crippen LogP contribution is -2.82. The molecule has 4 N–H and O–H groups in total. The molecule has 0 saturated carbocycles. The van der Waals surface area contributed by atoms with Crippen LogP contribution >= 0.6 is 12.2 Å². The molecule has 21 heavy (non-hydrogen) atoms. The number of ether oxygens (including phenoxy) is 1. The lowest BCUT2D eigenvalue weighted by atomic mass is 10.2. The molecule has 0 aliphatic rings. The summed E-state index contributed by atoms with van der Waals surface area (Å²) in [6.07, 6.45) is 1.76. The van der Waals surface area contributed by atoms with E-state index in [2.05, 4.69) is 41.7 Å². The van der Waals surface area contributed by atoms with Crippen LogP contribution in [-0.4, -0.2) is 11.3 Å². The van der Waals surface area contributed by atoms with Gasteiger partial charge in [-0.1, -0.05) is 35.9 Å². The molecule has 0 atom stereocenters. The van der Waals surface area contributed by atoms with Gasteiger partial charge in [-0.15, -0.1) is 10.5 Å². The minimum atomic E-state index is 0.193. The number of nitrogens with one attached hydrogen (secondary N) is 2. The lowest BCUT2D eigenvalue weighted by molar-refractivity contribution is -0.499. The molecule has 4 nitrogen and oxygen atoms in total. The molecule has 0 aliphatic heterocycles. The van der Waals surface area contributed by atoms with Crippen LogP contribution in [0.5, 0.6) is 5.75 Å². The zero-order valence-corrected chi connectivity index (χ0v) is 12.6. The second-order valence-electron chi connectivity index (χ2n) is 4.62. The molecule has 0 saturated heterocycles. The van der Waals surface area contributed by atoms with E-state index in [9.17, 15) is 0 Å². The van der Waals surface area contributed by atoms with Gasteiger partial charge in [-0.25, -0.2) is 0 Å². The average Bonchev–Trinajstić information content (AvgIpc) is 2.47. The summed E-state index contributed by atoms with van der Waals surface area (Å²) in [5.74, 6) is 0.807. The molecule has 0 radical (unpaired) electrons. The molecule has 2 aromatic rings. The van der Waals surface area contributed by atoms with Gasteiger partial charge >= 0.3 is 0 Å². The molecule has 108 valence electrons. The lowest BCUT2D eigenvalue weighted by Gasteiger charge is -2.06. The Morgan fingerprint density at radius 3 is 2.76 bits per heavy atom. The van der Waals surface area contributed by atoms with Gasteiger partial charge in [0.25, 0.3) is 0 Å². The fourth-order valence-corrected chi connectivity index (χ4v) is 1.79. The number of hydrogen-bond acceptors (Lipinski definition) is 2. The molecule has 0 aliphatic carbocycles. The van der Waals surface area contributed by atoms with Gasteiger partial charge in [0.1, 0.15) is 12.4 Å². The molecule has 2 aromatic carbocycles. The minimum absolute atomic E-state index is 0.193. The monoisotopic (exact) mass is 300 g/mol. The fraction of sp³-hybridized carbons (Fsp3) is 0.125. The fourth-order valence-electron chi connectivity index (χ4n) is 1.74. The zero-order chi connectivity index (χ0) is 15.1. The molecule has 0 heterocycles. The third-order valence-corrected chi connectivity index (χ3v) is 2.92. The number of thiocarbonyl (C=S) groups is 1. The van der Waals surface area contributed by atoms with Crippen molar-refractivity contribution in [2.24, 2.45) is 5.73 Å². The van der Waals surface area contributed by atoms with Crippen molar-refractivity contribution in [2.45, 2.75) is 13.5 Å². The van der Waals surface area contributed by atoms with E-state index in [0.29, 0.717) is 6.61 Å².